The van der Waals surface area contributed by atoms with Crippen LogP contribution in [0.25, 0.3) is 0 Å². The van der Waals surface area contributed by atoms with E-state index in [4.69, 9.17) is 0 Å². The molecule has 0 aromatic rings. The molecule has 1 fully saturated rings. The van der Waals surface area contributed by atoms with Gasteiger partial charge in [-0.05, 0) is 6.42 Å². The van der Waals surface area contributed by atoms with Gasteiger partial charge in [0.25, 0.3) is 8.61 Å². The van der Waals surface area contributed by atoms with E-state index >= 15 is 0 Å². The molecule has 0 spiro atoms. The van der Waals surface area contributed by atoms with Gasteiger partial charge in [-0.25, -0.2) is 14.0 Å². The lowest BCUT2D eigenvalue weighted by atomic mass is 10.3. The van der Waals surface area contributed by atoms with E-state index in [9.17, 15) is 9.36 Å². The Morgan fingerprint density at radius 3 is 2.70 bits per heavy atom. The fourth-order valence-electron chi connectivity index (χ4n) is 0.922. The van der Waals surface area contributed by atoms with Crippen LogP contribution in [0.2, 0.25) is 0 Å². The highest BCUT2D eigenvalue weighted by Crippen LogP contribution is 2.14. The summed E-state index contributed by atoms with van der Waals surface area (Å²) in [4.78, 5) is 12.6. The summed E-state index contributed by atoms with van der Waals surface area (Å²) in [6.45, 7) is 1.37. The van der Waals surface area contributed by atoms with Crippen molar-refractivity contribution in [2.24, 2.45) is 0 Å². The van der Waals surface area contributed by atoms with Crippen molar-refractivity contribution in [3.63, 3.8) is 0 Å². The predicted molar refractivity (Wildman–Crippen MR) is 37.0 cm³/mol. The second-order valence-electron chi connectivity index (χ2n) is 2.26. The van der Waals surface area contributed by atoms with Crippen molar-refractivity contribution in [1.82, 2.24) is 9.57 Å². The molecular formula is C5H9N2O2P. The summed E-state index contributed by atoms with van der Waals surface area (Å²) >= 11 is 0. The van der Waals surface area contributed by atoms with Crippen LogP contribution < -0.4 is 0 Å². The third-order valence-corrected chi connectivity index (χ3v) is 2.08. The third-order valence-electron chi connectivity index (χ3n) is 1.51. The van der Waals surface area contributed by atoms with Gasteiger partial charge < -0.3 is 4.90 Å². The zero-order valence-electron chi connectivity index (χ0n) is 5.78. The van der Waals surface area contributed by atoms with Crippen LogP contribution in [0, 0.1) is 0 Å². The predicted octanol–water partition coefficient (Wildman–Crippen LogP) is 0.951. The molecule has 1 aliphatic heterocycles. The first-order valence-corrected chi connectivity index (χ1v) is 3.88. The van der Waals surface area contributed by atoms with Crippen molar-refractivity contribution in [3.05, 3.63) is 0 Å². The summed E-state index contributed by atoms with van der Waals surface area (Å²) in [6, 6.07) is -0.150. The zero-order valence-corrected chi connectivity index (χ0v) is 6.67. The molecule has 0 radical (unpaired) electrons. The molecule has 1 saturated heterocycles. The second-order valence-corrected chi connectivity index (χ2v) is 2.91. The SMILES string of the molecule is CN1CCCN(P=O)C1=O. The summed E-state index contributed by atoms with van der Waals surface area (Å²) < 4.78 is 11.6. The minimum atomic E-state index is -0.192. The van der Waals surface area contributed by atoms with Crippen LogP contribution in [0.3, 0.4) is 0 Å². The van der Waals surface area contributed by atoms with Crippen LogP contribution >= 0.6 is 8.61 Å². The minimum Gasteiger partial charge on any atom is -0.327 e. The topological polar surface area (TPSA) is 40.6 Å². The molecule has 1 aliphatic rings. The van der Waals surface area contributed by atoms with Gasteiger partial charge in [0, 0.05) is 20.1 Å². The first kappa shape index (κ1) is 7.48. The van der Waals surface area contributed by atoms with Crippen LogP contribution in [-0.4, -0.2) is 35.7 Å². The van der Waals surface area contributed by atoms with Gasteiger partial charge in [0.2, 0.25) is 0 Å². The molecule has 0 N–H and O–H groups in total. The maximum Gasteiger partial charge on any atom is 0.329 e. The molecule has 10 heavy (non-hydrogen) atoms. The molecule has 0 atom stereocenters. The quantitative estimate of drug-likeness (QED) is 0.536. The van der Waals surface area contributed by atoms with Crippen LogP contribution in [-0.2, 0) is 4.57 Å². The Bertz CT molecular complexity index is 162. The molecule has 0 saturated carbocycles. The Hall–Kier alpha value is -0.630. The minimum absolute atomic E-state index is 0.150. The van der Waals surface area contributed by atoms with Crippen molar-refractivity contribution in [2.45, 2.75) is 6.42 Å². The van der Waals surface area contributed by atoms with E-state index in [0.29, 0.717) is 6.54 Å². The molecule has 1 heterocycles. The van der Waals surface area contributed by atoms with E-state index in [1.165, 1.54) is 4.67 Å². The number of rotatable bonds is 1. The van der Waals surface area contributed by atoms with E-state index in [1.54, 1.807) is 11.9 Å². The Kier molecular flexibility index (Phi) is 2.22. The summed E-state index contributed by atoms with van der Waals surface area (Å²) in [5.74, 6) is 0. The van der Waals surface area contributed by atoms with E-state index in [-0.39, 0.29) is 14.6 Å². The number of hydrogen-bond donors (Lipinski definition) is 0. The molecular weight excluding hydrogens is 151 g/mol. The number of nitrogens with zero attached hydrogens (tertiary/aromatic N) is 2. The first-order chi connectivity index (χ1) is 4.75. The molecule has 0 aromatic carbocycles. The van der Waals surface area contributed by atoms with E-state index in [2.05, 4.69) is 0 Å². The van der Waals surface area contributed by atoms with Gasteiger partial charge >= 0.3 is 6.03 Å². The summed E-state index contributed by atoms with van der Waals surface area (Å²) in [5.41, 5.74) is 0. The fraction of sp³-hybridized carbons (Fsp3) is 0.800. The lowest BCUT2D eigenvalue weighted by molar-refractivity contribution is 0.174. The smallest absolute Gasteiger partial charge is 0.327 e. The number of hydrogen-bond acceptors (Lipinski definition) is 2. The van der Waals surface area contributed by atoms with Gasteiger partial charge in [0.15, 0.2) is 0 Å². The standard InChI is InChI=1S/C5H9N2O2P/c1-6-3-2-4-7(10-9)5(6)8/h2-4H2,1H3. The van der Waals surface area contributed by atoms with Crippen molar-refractivity contribution in [2.75, 3.05) is 20.1 Å². The molecule has 1 rings (SSSR count). The van der Waals surface area contributed by atoms with Crippen molar-refractivity contribution in [3.8, 4) is 0 Å². The Morgan fingerprint density at radius 1 is 1.50 bits per heavy atom. The third kappa shape index (κ3) is 1.27. The molecule has 0 aliphatic carbocycles. The van der Waals surface area contributed by atoms with Crippen LogP contribution in [0.15, 0.2) is 0 Å². The highest BCUT2D eigenvalue weighted by atomic mass is 31.1. The number of carbonyl (C=O) groups excluding carboxylic acids is 1. The first-order valence-electron chi connectivity index (χ1n) is 3.11. The van der Waals surface area contributed by atoms with Gasteiger partial charge in [-0.1, -0.05) is 0 Å². The molecule has 0 bridgehead atoms. The van der Waals surface area contributed by atoms with Gasteiger partial charge in [-0.3, -0.25) is 0 Å². The number of carbonyl (C=O) groups is 1. The fourth-order valence-corrected chi connectivity index (χ4v) is 1.37. The monoisotopic (exact) mass is 160 g/mol. The highest BCUT2D eigenvalue weighted by molar-refractivity contribution is 7.21. The normalized spacial score (nSPS) is 20.3. The van der Waals surface area contributed by atoms with Crippen molar-refractivity contribution in [1.29, 1.82) is 0 Å². The van der Waals surface area contributed by atoms with Crippen LogP contribution in [0.4, 0.5) is 4.79 Å². The average Bonchev–Trinajstić information content (AvgIpc) is 1.95. The molecule has 4 nitrogen and oxygen atoms in total. The van der Waals surface area contributed by atoms with E-state index < -0.39 is 0 Å². The number of amides is 2. The second kappa shape index (κ2) is 2.97. The van der Waals surface area contributed by atoms with E-state index in [0.717, 1.165) is 13.0 Å². The molecule has 0 unspecified atom stereocenters. The summed E-state index contributed by atoms with van der Waals surface area (Å²) in [6.07, 6.45) is 0.900. The largest absolute Gasteiger partial charge is 0.329 e. The summed E-state index contributed by atoms with van der Waals surface area (Å²) in [7, 11) is 1.52. The lowest BCUT2D eigenvalue weighted by Crippen LogP contribution is -2.42. The Labute approximate surface area is 61.1 Å². The van der Waals surface area contributed by atoms with E-state index in [1.807, 2.05) is 0 Å². The molecule has 56 valence electrons. The molecule has 2 amide bonds. The Morgan fingerprint density at radius 2 is 2.20 bits per heavy atom. The van der Waals surface area contributed by atoms with Gasteiger partial charge in [0.1, 0.15) is 0 Å². The average molecular weight is 160 g/mol. The Balaban J connectivity index is 2.59. The van der Waals surface area contributed by atoms with Crippen LogP contribution in [0.1, 0.15) is 6.42 Å². The summed E-state index contributed by atoms with van der Waals surface area (Å²) in [5, 5.41) is 0. The van der Waals surface area contributed by atoms with Gasteiger partial charge in [-0.15, -0.1) is 0 Å². The molecule has 0 aromatic heterocycles. The van der Waals surface area contributed by atoms with Crippen molar-refractivity contribution >= 4 is 14.6 Å². The van der Waals surface area contributed by atoms with Crippen LogP contribution in [0.5, 0.6) is 0 Å². The zero-order chi connectivity index (χ0) is 7.56. The molecule has 5 heteroatoms. The van der Waals surface area contributed by atoms with Crippen molar-refractivity contribution < 1.29 is 9.36 Å². The lowest BCUT2D eigenvalue weighted by Gasteiger charge is -2.27. The highest BCUT2D eigenvalue weighted by Gasteiger charge is 2.22. The van der Waals surface area contributed by atoms with Gasteiger partial charge in [-0.2, -0.15) is 0 Å². The maximum atomic E-state index is 11.0. The van der Waals surface area contributed by atoms with Gasteiger partial charge in [0.05, 0.1) is 0 Å². The number of urea groups is 1. The maximum absolute atomic E-state index is 11.0.